The molecular weight excluding hydrogens is 467 g/mol. The second-order valence-electron chi connectivity index (χ2n) is 7.78. The molecule has 0 fully saturated rings. The average molecular weight is 493 g/mol. The van der Waals surface area contributed by atoms with Gasteiger partial charge in [-0.3, -0.25) is 14.5 Å². The second-order valence-corrected chi connectivity index (χ2v) is 8.86. The molecule has 8 heteroatoms. The minimum atomic E-state index is -0.410. The van der Waals surface area contributed by atoms with Crippen molar-refractivity contribution >= 4 is 35.3 Å². The number of fused-ring (bicyclic) bond motifs is 1. The third-order valence-corrected chi connectivity index (χ3v) is 6.59. The largest absolute Gasteiger partial charge is 0.493 e. The van der Waals surface area contributed by atoms with Crippen LogP contribution >= 0.6 is 11.8 Å². The minimum absolute atomic E-state index is 0.142. The lowest BCUT2D eigenvalue weighted by molar-refractivity contribution is -0.122. The Kier molecular flexibility index (Phi) is 7.72. The molecule has 0 radical (unpaired) electrons. The summed E-state index contributed by atoms with van der Waals surface area (Å²) in [6.45, 7) is 0.252. The first-order chi connectivity index (χ1) is 17.0. The zero-order valence-corrected chi connectivity index (χ0v) is 20.2. The summed E-state index contributed by atoms with van der Waals surface area (Å²) in [6.07, 6.45) is 2.12. The number of nitrogens with one attached hydrogen (secondary N) is 1. The fraction of sp³-hybridized carbons (Fsp3) is 0.185. The molecule has 180 valence electrons. The van der Waals surface area contributed by atoms with E-state index in [2.05, 4.69) is 5.32 Å². The van der Waals surface area contributed by atoms with Gasteiger partial charge in [0.1, 0.15) is 12.4 Å². The fourth-order valence-corrected chi connectivity index (χ4v) is 4.78. The Bertz CT molecular complexity index is 1280. The van der Waals surface area contributed by atoms with Crippen LogP contribution in [0, 0.1) is 5.82 Å². The van der Waals surface area contributed by atoms with Gasteiger partial charge in [0.2, 0.25) is 5.91 Å². The van der Waals surface area contributed by atoms with Crippen LogP contribution in [0.5, 0.6) is 11.5 Å². The first-order valence-electron chi connectivity index (χ1n) is 11.0. The van der Waals surface area contributed by atoms with Crippen LogP contribution in [0.15, 0.2) is 76.5 Å². The summed E-state index contributed by atoms with van der Waals surface area (Å²) in [6, 6.07) is 19.2. The molecule has 3 aromatic rings. The van der Waals surface area contributed by atoms with Crippen molar-refractivity contribution in [3.05, 3.63) is 88.6 Å². The van der Waals surface area contributed by atoms with Crippen LogP contribution in [0.25, 0.3) is 6.08 Å². The Hall–Kier alpha value is -3.78. The van der Waals surface area contributed by atoms with Gasteiger partial charge < -0.3 is 14.8 Å². The van der Waals surface area contributed by atoms with Gasteiger partial charge in [0.05, 0.1) is 24.8 Å². The summed E-state index contributed by atoms with van der Waals surface area (Å²) < 4.78 is 24.8. The molecule has 4 rings (SSSR count). The van der Waals surface area contributed by atoms with Gasteiger partial charge in [-0.2, -0.15) is 0 Å². The number of carbonyl (C=O) groups excluding carboxylic acids is 2. The van der Waals surface area contributed by atoms with E-state index in [0.717, 1.165) is 10.5 Å². The van der Waals surface area contributed by atoms with Crippen LogP contribution in [0.1, 0.15) is 11.1 Å². The lowest BCUT2D eigenvalue weighted by atomic mass is 10.1. The van der Waals surface area contributed by atoms with E-state index >= 15 is 0 Å². The lowest BCUT2D eigenvalue weighted by Crippen LogP contribution is -2.43. The molecule has 0 aromatic heterocycles. The van der Waals surface area contributed by atoms with E-state index in [1.807, 2.05) is 36.4 Å². The highest BCUT2D eigenvalue weighted by Crippen LogP contribution is 2.42. The van der Waals surface area contributed by atoms with Gasteiger partial charge in [0, 0.05) is 17.0 Å². The van der Waals surface area contributed by atoms with Crippen molar-refractivity contribution in [2.75, 3.05) is 32.2 Å². The molecule has 0 saturated heterocycles. The normalized spacial score (nSPS) is 14.0. The van der Waals surface area contributed by atoms with Crippen molar-refractivity contribution in [3.8, 4) is 11.5 Å². The number of benzene rings is 3. The van der Waals surface area contributed by atoms with Crippen LogP contribution in [-0.2, 0) is 16.0 Å². The second kappa shape index (κ2) is 11.1. The maximum atomic E-state index is 14.2. The molecule has 6 nitrogen and oxygen atoms in total. The third kappa shape index (κ3) is 5.66. The Balaban J connectivity index is 1.46. The summed E-state index contributed by atoms with van der Waals surface area (Å²) in [4.78, 5) is 28.7. The number of thioether (sulfide) groups is 1. The molecule has 0 atom stereocenters. The number of hydrogen-bond donors (Lipinski definition) is 1. The number of halogens is 1. The minimum Gasteiger partial charge on any atom is -0.493 e. The van der Waals surface area contributed by atoms with Crippen molar-refractivity contribution < 1.29 is 23.5 Å². The van der Waals surface area contributed by atoms with Crippen molar-refractivity contribution in [1.82, 2.24) is 5.32 Å². The van der Waals surface area contributed by atoms with Gasteiger partial charge in [-0.05, 0) is 48.4 Å². The highest BCUT2D eigenvalue weighted by Gasteiger charge is 2.30. The van der Waals surface area contributed by atoms with E-state index in [-0.39, 0.29) is 18.4 Å². The zero-order chi connectivity index (χ0) is 24.8. The van der Waals surface area contributed by atoms with Crippen LogP contribution in [0.4, 0.5) is 10.1 Å². The number of anilines is 1. The molecule has 1 heterocycles. The first-order valence-corrected chi connectivity index (χ1v) is 11.8. The van der Waals surface area contributed by atoms with E-state index in [4.69, 9.17) is 9.47 Å². The molecular formula is C27H25FN2O4S. The van der Waals surface area contributed by atoms with E-state index in [1.54, 1.807) is 38.5 Å². The predicted octanol–water partition coefficient (Wildman–Crippen LogP) is 4.68. The zero-order valence-electron chi connectivity index (χ0n) is 19.4. The first kappa shape index (κ1) is 24.3. The SMILES string of the molecule is COc1ccc(CCNC(=O)CN2C(=O)C(=Cc3ccccc3F)Sc3ccccc32)cc1OC. The topological polar surface area (TPSA) is 67.9 Å². The van der Waals surface area contributed by atoms with Crippen LogP contribution in [-0.4, -0.2) is 39.1 Å². The quantitative estimate of drug-likeness (QED) is 0.463. The van der Waals surface area contributed by atoms with Gasteiger partial charge in [-0.1, -0.05) is 48.2 Å². The number of ether oxygens (including phenoxy) is 2. The van der Waals surface area contributed by atoms with Gasteiger partial charge in [0.25, 0.3) is 5.91 Å². The Morgan fingerprint density at radius 3 is 2.54 bits per heavy atom. The number of carbonyl (C=O) groups is 2. The van der Waals surface area contributed by atoms with Crippen molar-refractivity contribution in [3.63, 3.8) is 0 Å². The van der Waals surface area contributed by atoms with Crippen LogP contribution < -0.4 is 19.7 Å². The van der Waals surface area contributed by atoms with Gasteiger partial charge in [0.15, 0.2) is 11.5 Å². The van der Waals surface area contributed by atoms with Gasteiger partial charge in [-0.15, -0.1) is 0 Å². The van der Waals surface area contributed by atoms with Crippen molar-refractivity contribution in [2.45, 2.75) is 11.3 Å². The molecule has 1 N–H and O–H groups in total. The highest BCUT2D eigenvalue weighted by molar-refractivity contribution is 8.04. The number of para-hydroxylation sites is 1. The molecule has 1 aliphatic heterocycles. The number of rotatable bonds is 8. The summed E-state index contributed by atoms with van der Waals surface area (Å²) in [7, 11) is 3.15. The summed E-state index contributed by atoms with van der Waals surface area (Å²) in [5.74, 6) is 0.225. The fourth-order valence-electron chi connectivity index (χ4n) is 3.73. The molecule has 0 unspecified atom stereocenters. The molecule has 2 amide bonds. The highest BCUT2D eigenvalue weighted by atomic mass is 32.2. The lowest BCUT2D eigenvalue weighted by Gasteiger charge is -2.29. The Labute approximate surface area is 207 Å². The predicted molar refractivity (Wildman–Crippen MR) is 135 cm³/mol. The molecule has 0 aliphatic carbocycles. The van der Waals surface area contributed by atoms with Gasteiger partial charge >= 0.3 is 0 Å². The third-order valence-electron chi connectivity index (χ3n) is 5.51. The summed E-state index contributed by atoms with van der Waals surface area (Å²) in [5, 5.41) is 2.88. The molecule has 1 aliphatic rings. The van der Waals surface area contributed by atoms with E-state index in [1.165, 1.54) is 28.8 Å². The maximum absolute atomic E-state index is 14.2. The molecule has 0 saturated carbocycles. The van der Waals surface area contributed by atoms with E-state index in [0.29, 0.717) is 40.6 Å². The molecule has 0 bridgehead atoms. The van der Waals surface area contributed by atoms with E-state index in [9.17, 15) is 14.0 Å². The standard InChI is InChI=1S/C27H25FN2O4S/c1-33-22-12-11-18(15-23(22)34-2)13-14-29-26(31)17-30-21-9-5-6-10-24(21)35-25(27(30)32)16-19-7-3-4-8-20(19)28/h3-12,15-16H,13-14,17H2,1-2H3,(H,29,31). The molecule has 0 spiro atoms. The monoisotopic (exact) mass is 492 g/mol. The smallest absolute Gasteiger partial charge is 0.265 e. The number of hydrogen-bond acceptors (Lipinski definition) is 5. The summed E-state index contributed by atoms with van der Waals surface area (Å²) in [5.41, 5.74) is 1.96. The van der Waals surface area contributed by atoms with Crippen molar-refractivity contribution in [1.29, 1.82) is 0 Å². The van der Waals surface area contributed by atoms with Crippen LogP contribution in [0.2, 0.25) is 0 Å². The maximum Gasteiger partial charge on any atom is 0.265 e. The summed E-state index contributed by atoms with van der Waals surface area (Å²) >= 11 is 1.27. The number of amides is 2. The van der Waals surface area contributed by atoms with Crippen LogP contribution in [0.3, 0.4) is 0 Å². The van der Waals surface area contributed by atoms with Gasteiger partial charge in [-0.25, -0.2) is 4.39 Å². The molecule has 35 heavy (non-hydrogen) atoms. The molecule has 3 aromatic carbocycles. The Morgan fingerprint density at radius 1 is 1.03 bits per heavy atom. The Morgan fingerprint density at radius 2 is 1.77 bits per heavy atom. The van der Waals surface area contributed by atoms with Crippen molar-refractivity contribution in [2.24, 2.45) is 0 Å². The van der Waals surface area contributed by atoms with E-state index < -0.39 is 5.82 Å². The average Bonchev–Trinajstić information content (AvgIpc) is 2.87. The number of nitrogens with zero attached hydrogens (tertiary/aromatic N) is 1. The number of methoxy groups -OCH3 is 2.